The average Bonchev–Trinajstić information content (AvgIpc) is 3.29. The quantitative estimate of drug-likeness (QED) is 0.561. The van der Waals surface area contributed by atoms with Gasteiger partial charge in [-0.3, -0.25) is 14.6 Å². The predicted molar refractivity (Wildman–Crippen MR) is 130 cm³/mol. The molecular weight excluding hydrogens is 420 g/mol. The topological polar surface area (TPSA) is 83.5 Å². The van der Waals surface area contributed by atoms with Crippen molar-refractivity contribution in [2.24, 2.45) is 5.10 Å². The minimum absolute atomic E-state index is 0.0428. The van der Waals surface area contributed by atoms with Gasteiger partial charge in [-0.05, 0) is 44.3 Å². The zero-order valence-corrected chi connectivity index (χ0v) is 19.7. The molecule has 0 radical (unpaired) electrons. The number of ether oxygens (including phenoxy) is 2. The zero-order chi connectivity index (χ0) is 23.8. The molecule has 2 aromatic carbocycles. The second-order valence-electron chi connectivity index (χ2n) is 7.75. The first-order valence-electron chi connectivity index (χ1n) is 11.2. The van der Waals surface area contributed by atoms with Gasteiger partial charge in [0.05, 0.1) is 12.8 Å². The molecule has 1 aliphatic rings. The summed E-state index contributed by atoms with van der Waals surface area (Å²) in [6, 6.07) is 14.1. The fourth-order valence-corrected chi connectivity index (χ4v) is 3.68. The Morgan fingerprint density at radius 3 is 2.48 bits per heavy atom. The van der Waals surface area contributed by atoms with E-state index in [-0.39, 0.29) is 18.1 Å². The van der Waals surface area contributed by atoms with Crippen LogP contribution < -0.4 is 19.8 Å². The van der Waals surface area contributed by atoms with Gasteiger partial charge in [-0.15, -0.1) is 0 Å². The number of nitrogens with one attached hydrogen (secondary N) is 1. The third-order valence-electron chi connectivity index (χ3n) is 5.64. The van der Waals surface area contributed by atoms with E-state index in [2.05, 4.69) is 29.2 Å². The lowest BCUT2D eigenvalue weighted by molar-refractivity contribution is -0.118. The number of hydrazone groups is 1. The summed E-state index contributed by atoms with van der Waals surface area (Å²) in [7, 11) is 1.58. The second kappa shape index (κ2) is 11.5. The van der Waals surface area contributed by atoms with E-state index in [1.54, 1.807) is 30.3 Å². The van der Waals surface area contributed by atoms with Crippen molar-refractivity contribution in [2.45, 2.75) is 33.2 Å². The van der Waals surface area contributed by atoms with Crippen LogP contribution in [0.1, 0.15) is 27.2 Å². The van der Waals surface area contributed by atoms with E-state index in [4.69, 9.17) is 9.47 Å². The van der Waals surface area contributed by atoms with Gasteiger partial charge >= 0.3 is 0 Å². The van der Waals surface area contributed by atoms with Gasteiger partial charge in [-0.2, -0.15) is 5.10 Å². The molecule has 0 aromatic heterocycles. The molecule has 0 saturated carbocycles. The Bertz CT molecular complexity index is 989. The number of carbonyl (C=O) groups is 2. The highest BCUT2D eigenvalue weighted by Crippen LogP contribution is 2.31. The highest BCUT2D eigenvalue weighted by molar-refractivity contribution is 6.44. The van der Waals surface area contributed by atoms with Crippen molar-refractivity contribution < 1.29 is 19.1 Å². The molecule has 1 unspecified atom stereocenters. The summed E-state index contributed by atoms with van der Waals surface area (Å²) >= 11 is 0. The van der Waals surface area contributed by atoms with Gasteiger partial charge in [0.2, 0.25) is 0 Å². The Morgan fingerprint density at radius 1 is 1.12 bits per heavy atom. The van der Waals surface area contributed by atoms with Crippen LogP contribution in [0, 0.1) is 0 Å². The molecule has 1 heterocycles. The minimum atomic E-state index is -0.497. The smallest absolute Gasteiger partial charge is 0.271 e. The highest BCUT2D eigenvalue weighted by Gasteiger charge is 2.34. The average molecular weight is 453 g/mol. The molecule has 1 amide bonds. The Labute approximate surface area is 195 Å². The first-order chi connectivity index (χ1) is 16.0. The number of anilines is 2. The van der Waals surface area contributed by atoms with Crippen molar-refractivity contribution in [3.05, 3.63) is 48.5 Å². The molecule has 0 fully saturated rings. The van der Waals surface area contributed by atoms with Gasteiger partial charge in [0.25, 0.3) is 5.91 Å². The number of hydrogen-bond donors (Lipinski definition) is 1. The maximum absolute atomic E-state index is 12.9. The van der Waals surface area contributed by atoms with Crippen molar-refractivity contribution in [1.29, 1.82) is 0 Å². The van der Waals surface area contributed by atoms with E-state index in [1.165, 1.54) is 6.92 Å². The molecule has 1 aliphatic heterocycles. The van der Waals surface area contributed by atoms with E-state index < -0.39 is 6.04 Å². The lowest BCUT2D eigenvalue weighted by atomic mass is 10.1. The van der Waals surface area contributed by atoms with Gasteiger partial charge in [-0.25, -0.2) is 0 Å². The number of ketones is 1. The minimum Gasteiger partial charge on any atom is -0.493 e. The number of carbonyl (C=O) groups excluding carboxylic acids is 2. The van der Waals surface area contributed by atoms with Gasteiger partial charge in [0.15, 0.2) is 17.3 Å². The molecule has 0 spiro atoms. The number of Topliss-reactive ketones (excluding diaryl/α,β-unsaturated/α-hetero) is 1. The maximum Gasteiger partial charge on any atom is 0.271 e. The number of methoxy groups -OCH3 is 1. The molecule has 33 heavy (non-hydrogen) atoms. The summed E-state index contributed by atoms with van der Waals surface area (Å²) in [5, 5.41) is 8.95. The van der Waals surface area contributed by atoms with Gasteiger partial charge in [0.1, 0.15) is 18.4 Å². The van der Waals surface area contributed by atoms with Crippen LogP contribution in [-0.2, 0) is 9.59 Å². The van der Waals surface area contributed by atoms with Gasteiger partial charge in [0, 0.05) is 24.7 Å². The molecule has 0 saturated heterocycles. The van der Waals surface area contributed by atoms with Crippen LogP contribution >= 0.6 is 0 Å². The zero-order valence-electron chi connectivity index (χ0n) is 19.7. The normalized spacial score (nSPS) is 15.4. The number of amides is 1. The van der Waals surface area contributed by atoms with E-state index in [1.807, 2.05) is 30.3 Å². The van der Waals surface area contributed by atoms with E-state index >= 15 is 0 Å². The molecule has 8 heteroatoms. The summed E-state index contributed by atoms with van der Waals surface area (Å²) in [6.45, 7) is 8.96. The molecular formula is C25H32N4O4. The Hall–Kier alpha value is -3.39. The lowest BCUT2D eigenvalue weighted by Crippen LogP contribution is -2.33. The van der Waals surface area contributed by atoms with Crippen molar-refractivity contribution >= 4 is 28.8 Å². The third kappa shape index (κ3) is 6.10. The first-order valence-corrected chi connectivity index (χ1v) is 11.2. The fraction of sp³-hybridized carbons (Fsp3) is 0.400. The van der Waals surface area contributed by atoms with Crippen molar-refractivity contribution in [3.8, 4) is 11.5 Å². The van der Waals surface area contributed by atoms with Crippen LogP contribution in [0.3, 0.4) is 0 Å². The Kier molecular flexibility index (Phi) is 8.43. The van der Waals surface area contributed by atoms with E-state index in [0.29, 0.717) is 29.5 Å². The maximum atomic E-state index is 12.9. The SMILES string of the molecule is CCN(CC)CCOc1cc(NC(=O)C2=NN(c3ccccc3)C(C(C)=O)C2)ccc1OC. The second-order valence-corrected chi connectivity index (χ2v) is 7.75. The molecule has 176 valence electrons. The number of benzene rings is 2. The first kappa shape index (κ1) is 24.3. The Morgan fingerprint density at radius 2 is 1.85 bits per heavy atom. The molecule has 3 rings (SSSR count). The van der Waals surface area contributed by atoms with Gasteiger partial charge in [-0.1, -0.05) is 32.0 Å². The standard InChI is InChI=1S/C25H32N4O4/c1-5-28(6-2)14-15-33-24-16-19(12-13-23(24)32-4)26-25(31)21-17-22(18(3)30)29(27-21)20-10-8-7-9-11-20/h7-13,16,22H,5-6,14-15,17H2,1-4H3,(H,26,31). The summed E-state index contributed by atoms with van der Waals surface area (Å²) in [6.07, 6.45) is 0.249. The largest absolute Gasteiger partial charge is 0.493 e. The Balaban J connectivity index is 1.72. The number of para-hydroxylation sites is 1. The molecule has 2 aromatic rings. The van der Waals surface area contributed by atoms with Crippen LogP contribution in [0.15, 0.2) is 53.6 Å². The number of nitrogens with zero attached hydrogens (tertiary/aromatic N) is 3. The van der Waals surface area contributed by atoms with Crippen LogP contribution in [-0.4, -0.2) is 61.7 Å². The fourth-order valence-electron chi connectivity index (χ4n) is 3.68. The number of hydrogen-bond acceptors (Lipinski definition) is 7. The molecule has 1 atom stereocenters. The number of likely N-dealkylation sites (N-methyl/N-ethyl adjacent to an activating group) is 1. The van der Waals surface area contributed by atoms with Gasteiger partial charge < -0.3 is 19.7 Å². The van der Waals surface area contributed by atoms with Crippen LogP contribution in [0.5, 0.6) is 11.5 Å². The molecule has 0 aliphatic carbocycles. The third-order valence-corrected chi connectivity index (χ3v) is 5.64. The highest BCUT2D eigenvalue weighted by atomic mass is 16.5. The van der Waals surface area contributed by atoms with Crippen LogP contribution in [0.25, 0.3) is 0 Å². The summed E-state index contributed by atoms with van der Waals surface area (Å²) in [5.41, 5.74) is 1.64. The van der Waals surface area contributed by atoms with E-state index in [9.17, 15) is 9.59 Å². The van der Waals surface area contributed by atoms with Crippen LogP contribution in [0.4, 0.5) is 11.4 Å². The summed E-state index contributed by atoms with van der Waals surface area (Å²) < 4.78 is 11.3. The van der Waals surface area contributed by atoms with Crippen LogP contribution in [0.2, 0.25) is 0 Å². The monoisotopic (exact) mass is 452 g/mol. The van der Waals surface area contributed by atoms with Crippen molar-refractivity contribution in [3.63, 3.8) is 0 Å². The number of rotatable bonds is 11. The van der Waals surface area contributed by atoms with Crippen molar-refractivity contribution in [1.82, 2.24) is 4.90 Å². The molecule has 1 N–H and O–H groups in total. The summed E-state index contributed by atoms with van der Waals surface area (Å²) in [5.74, 6) is 0.763. The predicted octanol–water partition coefficient (Wildman–Crippen LogP) is 3.58. The summed E-state index contributed by atoms with van der Waals surface area (Å²) in [4.78, 5) is 27.4. The van der Waals surface area contributed by atoms with E-state index in [0.717, 1.165) is 25.3 Å². The van der Waals surface area contributed by atoms with Crippen molar-refractivity contribution in [2.75, 3.05) is 43.7 Å². The molecule has 8 nitrogen and oxygen atoms in total. The lowest BCUT2D eigenvalue weighted by Gasteiger charge is -2.20. The molecule has 0 bridgehead atoms.